The van der Waals surface area contributed by atoms with Crippen molar-refractivity contribution in [3.8, 4) is 5.75 Å². The fraction of sp³-hybridized carbons (Fsp3) is 0.444. The van der Waals surface area contributed by atoms with Gasteiger partial charge >= 0.3 is 6.09 Å². The van der Waals surface area contributed by atoms with Crippen molar-refractivity contribution in [2.75, 3.05) is 5.32 Å². The highest BCUT2D eigenvalue weighted by Crippen LogP contribution is 2.32. The first-order valence-electron chi connectivity index (χ1n) is 11.6. The van der Waals surface area contributed by atoms with E-state index in [0.717, 1.165) is 5.56 Å². The number of phenolic OH excluding ortho intramolecular Hbond substituents is 1. The summed E-state index contributed by atoms with van der Waals surface area (Å²) < 4.78 is 5.29. The Balaban J connectivity index is 2.49. The number of benzene rings is 2. The number of para-hydroxylation sites is 1. The molecule has 2 rings (SSSR count). The van der Waals surface area contributed by atoms with Crippen molar-refractivity contribution in [1.82, 2.24) is 10.2 Å². The number of nitrogens with one attached hydrogen (secondary N) is 2. The molecular weight excluding hydrogens is 446 g/mol. The van der Waals surface area contributed by atoms with Gasteiger partial charge in [0.25, 0.3) is 5.91 Å². The number of nitrogens with zero attached hydrogens (tertiary/aromatic N) is 1. The van der Waals surface area contributed by atoms with Crippen molar-refractivity contribution in [2.45, 2.75) is 78.6 Å². The fourth-order valence-corrected chi connectivity index (χ4v) is 3.63. The summed E-state index contributed by atoms with van der Waals surface area (Å²) in [6.45, 7) is 14.0. The first kappa shape index (κ1) is 27.7. The number of aryl methyl sites for hydroxylation is 1. The largest absolute Gasteiger partial charge is 0.508 e. The molecule has 190 valence electrons. The predicted octanol–water partition coefficient (Wildman–Crippen LogP) is 4.92. The number of anilines is 1. The summed E-state index contributed by atoms with van der Waals surface area (Å²) in [5.41, 5.74) is 0.366. The summed E-state index contributed by atoms with van der Waals surface area (Å²) in [5.74, 6) is -0.952. The smallest absolute Gasteiger partial charge is 0.408 e. The van der Waals surface area contributed by atoms with Gasteiger partial charge in [0.2, 0.25) is 5.91 Å². The summed E-state index contributed by atoms with van der Waals surface area (Å²) in [5, 5.41) is 15.6. The van der Waals surface area contributed by atoms with E-state index in [4.69, 9.17) is 4.74 Å². The van der Waals surface area contributed by atoms with Gasteiger partial charge in [0.05, 0.1) is 0 Å². The monoisotopic (exact) mass is 483 g/mol. The van der Waals surface area contributed by atoms with Crippen molar-refractivity contribution < 1.29 is 24.2 Å². The number of hydrogen-bond acceptors (Lipinski definition) is 5. The molecule has 8 heteroatoms. The van der Waals surface area contributed by atoms with Gasteiger partial charge in [0.1, 0.15) is 23.4 Å². The maximum atomic E-state index is 13.7. The molecule has 0 radical (unpaired) electrons. The third kappa shape index (κ3) is 7.73. The highest BCUT2D eigenvalue weighted by atomic mass is 16.6. The number of carbonyl (C=O) groups excluding carboxylic acids is 3. The quantitative estimate of drug-likeness (QED) is 0.540. The van der Waals surface area contributed by atoms with Gasteiger partial charge in [0, 0.05) is 11.2 Å². The molecular formula is C27H37N3O5. The van der Waals surface area contributed by atoms with Crippen molar-refractivity contribution in [3.05, 3.63) is 59.7 Å². The molecule has 2 unspecified atom stereocenters. The molecule has 0 saturated carbocycles. The summed E-state index contributed by atoms with van der Waals surface area (Å²) in [7, 11) is 0. The number of hydrogen-bond donors (Lipinski definition) is 3. The van der Waals surface area contributed by atoms with Gasteiger partial charge in [-0.1, -0.05) is 30.3 Å². The molecule has 35 heavy (non-hydrogen) atoms. The van der Waals surface area contributed by atoms with Gasteiger partial charge < -0.3 is 25.4 Å². The van der Waals surface area contributed by atoms with E-state index in [-0.39, 0.29) is 5.75 Å². The van der Waals surface area contributed by atoms with Crippen molar-refractivity contribution in [1.29, 1.82) is 0 Å². The zero-order valence-corrected chi connectivity index (χ0v) is 21.8. The van der Waals surface area contributed by atoms with Crippen LogP contribution in [0, 0.1) is 6.92 Å². The summed E-state index contributed by atoms with van der Waals surface area (Å²) in [4.78, 5) is 41.2. The highest BCUT2D eigenvalue weighted by molar-refractivity contribution is 5.99. The Bertz CT molecular complexity index is 1070. The molecule has 0 aliphatic rings. The van der Waals surface area contributed by atoms with Gasteiger partial charge in [-0.3, -0.25) is 9.59 Å². The van der Waals surface area contributed by atoms with Crippen molar-refractivity contribution in [2.24, 2.45) is 0 Å². The molecule has 3 N–H and O–H groups in total. The lowest BCUT2D eigenvalue weighted by molar-refractivity contribution is -0.146. The van der Waals surface area contributed by atoms with Crippen molar-refractivity contribution in [3.63, 3.8) is 0 Å². The number of aromatic hydroxyl groups is 1. The molecule has 0 fully saturated rings. The van der Waals surface area contributed by atoms with E-state index in [2.05, 4.69) is 10.6 Å². The highest BCUT2D eigenvalue weighted by Gasteiger charge is 2.41. The fourth-order valence-electron chi connectivity index (χ4n) is 3.63. The second kappa shape index (κ2) is 10.8. The van der Waals surface area contributed by atoms with E-state index in [9.17, 15) is 19.5 Å². The first-order chi connectivity index (χ1) is 16.1. The maximum absolute atomic E-state index is 13.7. The lowest BCUT2D eigenvalue weighted by atomic mass is 9.95. The Hall–Kier alpha value is -3.55. The minimum Gasteiger partial charge on any atom is -0.508 e. The van der Waals surface area contributed by atoms with Gasteiger partial charge in [-0.05, 0) is 84.7 Å². The SMILES string of the molecule is Cc1ccccc1NC(=O)C(c1cccc(O)c1)N(C(=O)C(C)NC(=O)OC(C)(C)C)C(C)(C)C. The van der Waals surface area contributed by atoms with Gasteiger partial charge in [0.15, 0.2) is 0 Å². The number of ether oxygens (including phenoxy) is 1. The van der Waals surface area contributed by atoms with Crippen LogP contribution < -0.4 is 10.6 Å². The zero-order valence-electron chi connectivity index (χ0n) is 21.8. The van der Waals surface area contributed by atoms with Crippen LogP contribution in [0.1, 0.15) is 65.6 Å². The number of amides is 3. The zero-order chi connectivity index (χ0) is 26.6. The van der Waals surface area contributed by atoms with E-state index in [1.165, 1.54) is 17.0 Å². The average molecular weight is 484 g/mol. The van der Waals surface area contributed by atoms with Crippen molar-refractivity contribution >= 4 is 23.6 Å². The van der Waals surface area contributed by atoms with Gasteiger partial charge in [-0.15, -0.1) is 0 Å². The lowest BCUT2D eigenvalue weighted by Gasteiger charge is -2.42. The van der Waals surface area contributed by atoms with Crippen LogP contribution in [0.4, 0.5) is 10.5 Å². The van der Waals surface area contributed by atoms with Crippen LogP contribution in [0.15, 0.2) is 48.5 Å². The lowest BCUT2D eigenvalue weighted by Crippen LogP contribution is -2.57. The van der Waals surface area contributed by atoms with E-state index in [0.29, 0.717) is 11.3 Å². The summed E-state index contributed by atoms with van der Waals surface area (Å²) in [6, 6.07) is 11.5. The molecule has 8 nitrogen and oxygen atoms in total. The topological polar surface area (TPSA) is 108 Å². The number of carbonyl (C=O) groups is 3. The third-order valence-electron chi connectivity index (χ3n) is 5.16. The number of rotatable bonds is 6. The number of alkyl carbamates (subject to hydrolysis) is 1. The summed E-state index contributed by atoms with van der Waals surface area (Å²) >= 11 is 0. The molecule has 2 aromatic carbocycles. The van der Waals surface area contributed by atoms with Crippen LogP contribution >= 0.6 is 0 Å². The van der Waals surface area contributed by atoms with Crippen LogP contribution in [0.5, 0.6) is 5.75 Å². The molecule has 0 aliphatic carbocycles. The Labute approximate surface area is 207 Å². The van der Waals surface area contributed by atoms with Crippen LogP contribution in [0.3, 0.4) is 0 Å². The van der Waals surface area contributed by atoms with E-state index in [1.54, 1.807) is 45.9 Å². The molecule has 0 spiro atoms. The van der Waals surface area contributed by atoms with Gasteiger partial charge in [-0.25, -0.2) is 4.79 Å². The van der Waals surface area contributed by atoms with E-state index >= 15 is 0 Å². The Morgan fingerprint density at radius 2 is 1.60 bits per heavy atom. The average Bonchev–Trinajstić information content (AvgIpc) is 2.70. The summed E-state index contributed by atoms with van der Waals surface area (Å²) in [6.07, 6.45) is -0.731. The second-order valence-corrected chi connectivity index (χ2v) is 10.5. The molecule has 0 saturated heterocycles. The van der Waals surface area contributed by atoms with Crippen LogP contribution in [-0.2, 0) is 14.3 Å². The maximum Gasteiger partial charge on any atom is 0.408 e. The minimum atomic E-state index is -1.09. The molecule has 3 amide bonds. The Kier molecular flexibility index (Phi) is 8.55. The Morgan fingerprint density at radius 1 is 0.971 bits per heavy atom. The number of phenols is 1. The first-order valence-corrected chi connectivity index (χ1v) is 11.6. The molecule has 0 aliphatic heterocycles. The standard InChI is InChI=1S/C27H37N3O5/c1-17-12-9-10-15-21(17)29-23(32)22(19-13-11-14-20(31)16-19)30(26(3,4)5)24(33)18(2)28-25(34)35-27(6,7)8/h9-16,18,22,31H,1-8H3,(H,28,34)(H,29,32). The third-order valence-corrected chi connectivity index (χ3v) is 5.16. The molecule has 0 bridgehead atoms. The molecule has 2 atom stereocenters. The Morgan fingerprint density at radius 3 is 2.14 bits per heavy atom. The molecule has 0 aromatic heterocycles. The van der Waals surface area contributed by atoms with E-state index in [1.807, 2.05) is 45.9 Å². The predicted molar refractivity (Wildman–Crippen MR) is 136 cm³/mol. The molecule has 2 aromatic rings. The normalized spacial score (nSPS) is 13.4. The van der Waals surface area contributed by atoms with Gasteiger partial charge in [-0.2, -0.15) is 0 Å². The van der Waals surface area contributed by atoms with Crippen LogP contribution in [0.25, 0.3) is 0 Å². The van der Waals surface area contributed by atoms with E-state index < -0.39 is 41.1 Å². The second-order valence-electron chi connectivity index (χ2n) is 10.5. The van der Waals surface area contributed by atoms with Crippen LogP contribution in [-0.4, -0.2) is 45.1 Å². The molecule has 0 heterocycles. The minimum absolute atomic E-state index is 0.0302. The van der Waals surface area contributed by atoms with Crippen LogP contribution in [0.2, 0.25) is 0 Å².